The van der Waals surface area contributed by atoms with Gasteiger partial charge in [0.25, 0.3) is 5.24 Å². The molecule has 0 aliphatic carbocycles. The van der Waals surface area contributed by atoms with E-state index in [0.29, 0.717) is 5.11 Å². The highest BCUT2D eigenvalue weighted by Gasteiger charge is 1.96. The minimum atomic E-state index is -0.498. The van der Waals surface area contributed by atoms with E-state index in [4.69, 9.17) is 12.2 Å². The number of thiol groups is 1. The first-order chi connectivity index (χ1) is 6.68. The third kappa shape index (κ3) is 4.11. The van der Waals surface area contributed by atoms with Gasteiger partial charge in [0.1, 0.15) is 0 Å². The molecular formula is C8H9N3OS2. The molecule has 0 bridgehead atoms. The maximum Gasteiger partial charge on any atom is 0.294 e. The van der Waals surface area contributed by atoms with Gasteiger partial charge in [0, 0.05) is 5.69 Å². The summed E-state index contributed by atoms with van der Waals surface area (Å²) in [5.41, 5.74) is 5.56. The molecule has 0 aromatic heterocycles. The van der Waals surface area contributed by atoms with Crippen molar-refractivity contribution in [2.24, 2.45) is 0 Å². The summed E-state index contributed by atoms with van der Waals surface area (Å²) in [6.45, 7) is 0. The van der Waals surface area contributed by atoms with E-state index in [0.717, 1.165) is 5.69 Å². The van der Waals surface area contributed by atoms with Crippen LogP contribution in [0.4, 0.5) is 10.5 Å². The van der Waals surface area contributed by atoms with E-state index in [1.54, 1.807) is 0 Å². The normalized spacial score (nSPS) is 8.93. The summed E-state index contributed by atoms with van der Waals surface area (Å²) in [6, 6.07) is 9.37. The van der Waals surface area contributed by atoms with Crippen molar-refractivity contribution in [2.45, 2.75) is 0 Å². The number of benzene rings is 1. The number of anilines is 1. The molecule has 4 nitrogen and oxygen atoms in total. The molecule has 0 aliphatic rings. The van der Waals surface area contributed by atoms with Crippen LogP contribution < -0.4 is 16.2 Å². The number of carbonyl (C=O) groups excluding carboxylic acids is 1. The van der Waals surface area contributed by atoms with Crippen LogP contribution >= 0.6 is 24.8 Å². The lowest BCUT2D eigenvalue weighted by Crippen LogP contribution is -2.41. The zero-order valence-corrected chi connectivity index (χ0v) is 8.86. The minimum Gasteiger partial charge on any atom is -0.331 e. The van der Waals surface area contributed by atoms with E-state index >= 15 is 0 Å². The average molecular weight is 227 g/mol. The Morgan fingerprint density at radius 1 is 1.21 bits per heavy atom. The van der Waals surface area contributed by atoms with Crippen LogP contribution in [-0.2, 0) is 0 Å². The van der Waals surface area contributed by atoms with E-state index in [2.05, 4.69) is 28.8 Å². The Kier molecular flexibility index (Phi) is 4.21. The highest BCUT2D eigenvalue weighted by atomic mass is 32.1. The summed E-state index contributed by atoms with van der Waals surface area (Å²) in [5, 5.41) is 2.68. The zero-order chi connectivity index (χ0) is 10.4. The summed E-state index contributed by atoms with van der Waals surface area (Å²) in [5.74, 6) is 0. The van der Waals surface area contributed by atoms with Gasteiger partial charge in [-0.3, -0.25) is 15.6 Å². The molecule has 6 heteroatoms. The SMILES string of the molecule is O=C(S)NNC(=S)Nc1ccccc1. The Balaban J connectivity index is 2.38. The van der Waals surface area contributed by atoms with Crippen molar-refractivity contribution in [3.05, 3.63) is 30.3 Å². The summed E-state index contributed by atoms with van der Waals surface area (Å²) < 4.78 is 0. The number of para-hydroxylation sites is 1. The molecule has 1 aromatic carbocycles. The molecule has 0 aliphatic heterocycles. The fourth-order valence-electron chi connectivity index (χ4n) is 0.794. The van der Waals surface area contributed by atoms with E-state index in [-0.39, 0.29) is 0 Å². The van der Waals surface area contributed by atoms with Gasteiger partial charge in [-0.15, -0.1) is 0 Å². The predicted molar refractivity (Wildman–Crippen MR) is 63.3 cm³/mol. The van der Waals surface area contributed by atoms with Crippen LogP contribution in [0.15, 0.2) is 30.3 Å². The number of thiocarbonyl (C=S) groups is 1. The fraction of sp³-hybridized carbons (Fsp3) is 0. The lowest BCUT2D eigenvalue weighted by molar-refractivity contribution is 0.259. The molecule has 0 radical (unpaired) electrons. The fourth-order valence-corrected chi connectivity index (χ4v) is 1.02. The molecule has 0 spiro atoms. The lowest BCUT2D eigenvalue weighted by atomic mass is 10.3. The molecule has 0 unspecified atom stereocenters. The Morgan fingerprint density at radius 2 is 1.86 bits per heavy atom. The maximum atomic E-state index is 10.4. The van der Waals surface area contributed by atoms with Crippen LogP contribution in [-0.4, -0.2) is 10.4 Å². The van der Waals surface area contributed by atoms with Crippen molar-refractivity contribution in [1.82, 2.24) is 10.9 Å². The Hall–Kier alpha value is -1.27. The second kappa shape index (κ2) is 5.46. The van der Waals surface area contributed by atoms with E-state index < -0.39 is 5.24 Å². The highest BCUT2D eigenvalue weighted by Crippen LogP contribution is 2.03. The molecule has 0 saturated heterocycles. The molecule has 3 N–H and O–H groups in total. The topological polar surface area (TPSA) is 53.2 Å². The Bertz CT molecular complexity index is 329. The van der Waals surface area contributed by atoms with E-state index in [1.165, 1.54) is 0 Å². The highest BCUT2D eigenvalue weighted by molar-refractivity contribution is 7.96. The van der Waals surface area contributed by atoms with Crippen LogP contribution in [0, 0.1) is 0 Å². The van der Waals surface area contributed by atoms with Crippen LogP contribution in [0.2, 0.25) is 0 Å². The average Bonchev–Trinajstić information content (AvgIpc) is 2.16. The van der Waals surface area contributed by atoms with Gasteiger partial charge in [-0.05, 0) is 24.4 Å². The Morgan fingerprint density at radius 3 is 2.43 bits per heavy atom. The second-order valence-corrected chi connectivity index (χ2v) is 3.19. The van der Waals surface area contributed by atoms with Gasteiger partial charge in [-0.1, -0.05) is 30.8 Å². The van der Waals surface area contributed by atoms with Crippen LogP contribution in [0.25, 0.3) is 0 Å². The second-order valence-electron chi connectivity index (χ2n) is 2.38. The van der Waals surface area contributed by atoms with Crippen LogP contribution in [0.1, 0.15) is 0 Å². The lowest BCUT2D eigenvalue weighted by Gasteiger charge is -2.09. The zero-order valence-electron chi connectivity index (χ0n) is 7.15. The van der Waals surface area contributed by atoms with Crippen LogP contribution in [0.3, 0.4) is 0 Å². The van der Waals surface area contributed by atoms with Gasteiger partial charge in [-0.25, -0.2) is 0 Å². The first kappa shape index (κ1) is 10.8. The molecule has 1 amide bonds. The van der Waals surface area contributed by atoms with Crippen molar-refractivity contribution in [3.63, 3.8) is 0 Å². The van der Waals surface area contributed by atoms with Gasteiger partial charge >= 0.3 is 0 Å². The number of amides is 1. The smallest absolute Gasteiger partial charge is 0.294 e. The molecule has 1 rings (SSSR count). The van der Waals surface area contributed by atoms with Gasteiger partial charge in [0.15, 0.2) is 5.11 Å². The van der Waals surface area contributed by atoms with E-state index in [9.17, 15) is 4.79 Å². The molecule has 14 heavy (non-hydrogen) atoms. The third-order valence-corrected chi connectivity index (χ3v) is 1.63. The number of hydrazine groups is 1. The first-order valence-electron chi connectivity index (χ1n) is 3.79. The summed E-state index contributed by atoms with van der Waals surface area (Å²) in [6.07, 6.45) is 0. The third-order valence-electron chi connectivity index (χ3n) is 1.31. The van der Waals surface area contributed by atoms with Gasteiger partial charge in [0.2, 0.25) is 0 Å². The van der Waals surface area contributed by atoms with Crippen molar-refractivity contribution in [3.8, 4) is 0 Å². The number of carbonyl (C=O) groups is 1. The summed E-state index contributed by atoms with van der Waals surface area (Å²) >= 11 is 8.38. The number of hydrogen-bond acceptors (Lipinski definition) is 2. The van der Waals surface area contributed by atoms with Crippen molar-refractivity contribution >= 4 is 40.9 Å². The predicted octanol–water partition coefficient (Wildman–Crippen LogP) is 1.53. The number of hydrogen-bond donors (Lipinski definition) is 4. The minimum absolute atomic E-state index is 0.304. The quantitative estimate of drug-likeness (QED) is 0.334. The maximum absolute atomic E-state index is 10.4. The molecule has 1 aromatic rings. The molecule has 0 saturated carbocycles. The van der Waals surface area contributed by atoms with Crippen molar-refractivity contribution < 1.29 is 4.79 Å². The molecule has 0 atom stereocenters. The summed E-state index contributed by atoms with van der Waals surface area (Å²) in [4.78, 5) is 10.4. The standard InChI is InChI=1S/C8H9N3OS2/c12-8(14)11-10-7(13)9-6-4-2-1-3-5-6/h1-5H,(H2,9,10,13)(H2,11,12,14). The van der Waals surface area contributed by atoms with Gasteiger partial charge in [0.05, 0.1) is 0 Å². The monoisotopic (exact) mass is 227 g/mol. The molecule has 0 heterocycles. The first-order valence-corrected chi connectivity index (χ1v) is 4.65. The van der Waals surface area contributed by atoms with Crippen molar-refractivity contribution in [2.75, 3.05) is 5.32 Å². The molecular weight excluding hydrogens is 218 g/mol. The Labute approximate surface area is 92.5 Å². The molecule has 0 fully saturated rings. The largest absolute Gasteiger partial charge is 0.331 e. The van der Waals surface area contributed by atoms with Gasteiger partial charge < -0.3 is 5.32 Å². The van der Waals surface area contributed by atoms with Crippen LogP contribution in [0.5, 0.6) is 0 Å². The number of rotatable bonds is 1. The summed E-state index contributed by atoms with van der Waals surface area (Å²) in [7, 11) is 0. The van der Waals surface area contributed by atoms with Crippen molar-refractivity contribution in [1.29, 1.82) is 0 Å². The number of nitrogens with one attached hydrogen (secondary N) is 3. The molecule has 74 valence electrons. The van der Waals surface area contributed by atoms with Gasteiger partial charge in [-0.2, -0.15) is 0 Å². The van der Waals surface area contributed by atoms with E-state index in [1.807, 2.05) is 30.3 Å².